The Bertz CT molecular complexity index is 502. The number of nitrogens with one attached hydrogen (secondary N) is 1. The highest BCUT2D eigenvalue weighted by Crippen LogP contribution is 2.25. The number of nitrogens with zero attached hydrogens (tertiary/aromatic N) is 2. The molecule has 5 nitrogen and oxygen atoms in total. The third kappa shape index (κ3) is 4.39. The van der Waals surface area contributed by atoms with E-state index in [1.165, 1.54) is 12.1 Å². The average Bonchev–Trinajstić information content (AvgIpc) is 2.89. The zero-order chi connectivity index (χ0) is 15.4. The van der Waals surface area contributed by atoms with Gasteiger partial charge in [-0.3, -0.25) is 10.1 Å². The Hall–Kier alpha value is -1.69. The second kappa shape index (κ2) is 6.85. The van der Waals surface area contributed by atoms with E-state index in [9.17, 15) is 14.5 Å². The van der Waals surface area contributed by atoms with Crippen LogP contribution in [-0.2, 0) is 0 Å². The maximum Gasteiger partial charge on any atom is 0.274 e. The van der Waals surface area contributed by atoms with Crippen LogP contribution in [0.1, 0.15) is 26.7 Å². The van der Waals surface area contributed by atoms with Gasteiger partial charge in [-0.1, -0.05) is 13.8 Å². The molecule has 0 saturated carbocycles. The number of rotatable bonds is 6. The van der Waals surface area contributed by atoms with E-state index in [1.54, 1.807) is 0 Å². The maximum absolute atomic E-state index is 13.7. The standard InChI is InChI=1S/C15H22FN3O2/c1-11(2)9-18(10-13-4-3-5-17-13)14-6-12(16)7-15(8-14)19(20)21/h6-8,11,13,17H,3-5,9-10H2,1-2H3. The predicted molar refractivity (Wildman–Crippen MR) is 81.1 cm³/mol. The molecule has 116 valence electrons. The normalized spacial score (nSPS) is 18.2. The minimum absolute atomic E-state index is 0.196. The van der Waals surface area contributed by atoms with E-state index in [2.05, 4.69) is 19.2 Å². The molecule has 0 spiro atoms. The van der Waals surface area contributed by atoms with E-state index in [-0.39, 0.29) is 5.69 Å². The van der Waals surface area contributed by atoms with Gasteiger partial charge in [-0.15, -0.1) is 0 Å². The van der Waals surface area contributed by atoms with E-state index < -0.39 is 10.7 Å². The lowest BCUT2D eigenvalue weighted by atomic mass is 10.1. The second-order valence-electron chi connectivity index (χ2n) is 6.02. The highest BCUT2D eigenvalue weighted by Gasteiger charge is 2.21. The molecule has 1 heterocycles. The molecule has 0 bridgehead atoms. The van der Waals surface area contributed by atoms with E-state index in [0.29, 0.717) is 17.6 Å². The monoisotopic (exact) mass is 295 g/mol. The molecule has 1 unspecified atom stereocenters. The molecule has 0 aromatic heterocycles. The van der Waals surface area contributed by atoms with Gasteiger partial charge in [0.25, 0.3) is 5.69 Å². The number of nitro groups is 1. The topological polar surface area (TPSA) is 58.4 Å². The second-order valence-corrected chi connectivity index (χ2v) is 6.02. The fraction of sp³-hybridized carbons (Fsp3) is 0.600. The Kier molecular flexibility index (Phi) is 5.12. The highest BCUT2D eigenvalue weighted by molar-refractivity contribution is 5.54. The van der Waals surface area contributed by atoms with Crippen molar-refractivity contribution in [1.29, 1.82) is 0 Å². The summed E-state index contributed by atoms with van der Waals surface area (Å²) < 4.78 is 13.7. The third-order valence-electron chi connectivity index (χ3n) is 3.63. The molecule has 0 amide bonds. The Morgan fingerprint density at radius 1 is 1.48 bits per heavy atom. The molecular weight excluding hydrogens is 273 g/mol. The zero-order valence-corrected chi connectivity index (χ0v) is 12.5. The van der Waals surface area contributed by atoms with Crippen LogP contribution < -0.4 is 10.2 Å². The molecule has 2 rings (SSSR count). The van der Waals surface area contributed by atoms with Crippen molar-refractivity contribution in [2.45, 2.75) is 32.7 Å². The summed E-state index contributed by atoms with van der Waals surface area (Å²) in [6.07, 6.45) is 2.23. The fourth-order valence-corrected chi connectivity index (χ4v) is 2.75. The summed E-state index contributed by atoms with van der Waals surface area (Å²) in [5, 5.41) is 14.3. The molecule has 1 fully saturated rings. The van der Waals surface area contributed by atoms with E-state index in [4.69, 9.17) is 0 Å². The van der Waals surface area contributed by atoms with Gasteiger partial charge in [-0.05, 0) is 31.4 Å². The summed E-state index contributed by atoms with van der Waals surface area (Å²) in [7, 11) is 0. The molecule has 1 aliphatic rings. The van der Waals surface area contributed by atoms with Crippen molar-refractivity contribution >= 4 is 11.4 Å². The minimum atomic E-state index is -0.563. The Morgan fingerprint density at radius 2 is 2.24 bits per heavy atom. The number of anilines is 1. The van der Waals surface area contributed by atoms with Crippen LogP contribution in [0.4, 0.5) is 15.8 Å². The van der Waals surface area contributed by atoms with Crippen LogP contribution in [0.3, 0.4) is 0 Å². The molecule has 0 radical (unpaired) electrons. The lowest BCUT2D eigenvalue weighted by molar-refractivity contribution is -0.385. The van der Waals surface area contributed by atoms with Crippen molar-refractivity contribution in [1.82, 2.24) is 5.32 Å². The number of hydrogen-bond acceptors (Lipinski definition) is 4. The van der Waals surface area contributed by atoms with Crippen LogP contribution in [0.2, 0.25) is 0 Å². The molecule has 1 N–H and O–H groups in total. The van der Waals surface area contributed by atoms with Crippen molar-refractivity contribution in [2.75, 3.05) is 24.5 Å². The van der Waals surface area contributed by atoms with Crippen molar-refractivity contribution in [3.63, 3.8) is 0 Å². The summed E-state index contributed by atoms with van der Waals surface area (Å²) in [5.74, 6) is -0.166. The first kappa shape index (κ1) is 15.7. The maximum atomic E-state index is 13.7. The largest absolute Gasteiger partial charge is 0.369 e. The fourth-order valence-electron chi connectivity index (χ4n) is 2.75. The zero-order valence-electron chi connectivity index (χ0n) is 12.5. The van der Waals surface area contributed by atoms with Gasteiger partial charge in [-0.2, -0.15) is 0 Å². The molecule has 6 heteroatoms. The first-order valence-corrected chi connectivity index (χ1v) is 7.39. The molecule has 1 atom stereocenters. The lowest BCUT2D eigenvalue weighted by Crippen LogP contribution is -2.39. The summed E-state index contributed by atoms with van der Waals surface area (Å²) in [5.41, 5.74) is 0.391. The van der Waals surface area contributed by atoms with Gasteiger partial charge in [0.15, 0.2) is 0 Å². The molecule has 1 aliphatic heterocycles. The summed E-state index contributed by atoms with van der Waals surface area (Å²) in [6, 6.07) is 4.17. The van der Waals surface area contributed by atoms with Gasteiger partial charge >= 0.3 is 0 Å². The van der Waals surface area contributed by atoms with Gasteiger partial charge in [0, 0.05) is 30.9 Å². The number of nitro benzene ring substituents is 1. The quantitative estimate of drug-likeness (QED) is 0.647. The summed E-state index contributed by atoms with van der Waals surface area (Å²) in [6.45, 7) is 6.67. The number of non-ortho nitro benzene ring substituents is 1. The number of hydrogen-bond donors (Lipinski definition) is 1. The molecule has 1 aromatic carbocycles. The first-order chi connectivity index (χ1) is 9.95. The lowest BCUT2D eigenvalue weighted by Gasteiger charge is -2.29. The molecule has 1 saturated heterocycles. The van der Waals surface area contributed by atoms with Crippen molar-refractivity contribution < 1.29 is 9.31 Å². The molecule has 0 aliphatic carbocycles. The molecule has 1 aromatic rings. The van der Waals surface area contributed by atoms with Gasteiger partial charge < -0.3 is 10.2 Å². The van der Waals surface area contributed by atoms with Crippen LogP contribution in [-0.4, -0.2) is 30.6 Å². The average molecular weight is 295 g/mol. The summed E-state index contributed by atoms with van der Waals surface area (Å²) >= 11 is 0. The Labute approximate surface area is 124 Å². The van der Waals surface area contributed by atoms with Gasteiger partial charge in [0.2, 0.25) is 0 Å². The van der Waals surface area contributed by atoms with E-state index in [1.807, 2.05) is 4.90 Å². The van der Waals surface area contributed by atoms with E-state index >= 15 is 0 Å². The third-order valence-corrected chi connectivity index (χ3v) is 3.63. The molecule has 21 heavy (non-hydrogen) atoms. The SMILES string of the molecule is CC(C)CN(CC1CCCN1)c1cc(F)cc([N+](=O)[O-])c1. The smallest absolute Gasteiger partial charge is 0.274 e. The minimum Gasteiger partial charge on any atom is -0.369 e. The van der Waals surface area contributed by atoms with E-state index in [0.717, 1.165) is 38.5 Å². The first-order valence-electron chi connectivity index (χ1n) is 7.39. The Balaban J connectivity index is 2.23. The van der Waals surface area contributed by atoms with Crippen LogP contribution in [0, 0.1) is 21.8 Å². The molecular formula is C15H22FN3O2. The van der Waals surface area contributed by atoms with Gasteiger partial charge in [0.05, 0.1) is 11.0 Å². The van der Waals surface area contributed by atoms with Gasteiger partial charge in [0.1, 0.15) is 5.82 Å². The Morgan fingerprint density at radius 3 is 2.81 bits per heavy atom. The van der Waals surface area contributed by atoms with Crippen LogP contribution in [0.25, 0.3) is 0 Å². The van der Waals surface area contributed by atoms with Crippen molar-refractivity contribution in [2.24, 2.45) is 5.92 Å². The predicted octanol–water partition coefficient (Wildman–Crippen LogP) is 2.95. The van der Waals surface area contributed by atoms with Crippen molar-refractivity contribution in [3.8, 4) is 0 Å². The van der Waals surface area contributed by atoms with Crippen LogP contribution in [0.5, 0.6) is 0 Å². The van der Waals surface area contributed by atoms with Gasteiger partial charge in [-0.25, -0.2) is 4.39 Å². The summed E-state index contributed by atoms with van der Waals surface area (Å²) in [4.78, 5) is 12.4. The number of halogens is 1. The van der Waals surface area contributed by atoms with Crippen LogP contribution >= 0.6 is 0 Å². The van der Waals surface area contributed by atoms with Crippen molar-refractivity contribution in [3.05, 3.63) is 34.1 Å². The number of benzene rings is 1. The van der Waals surface area contributed by atoms with Crippen LogP contribution in [0.15, 0.2) is 18.2 Å². The highest BCUT2D eigenvalue weighted by atomic mass is 19.1.